The van der Waals surface area contributed by atoms with Gasteiger partial charge in [0.15, 0.2) is 0 Å². The molecule has 168 valence electrons. The van der Waals surface area contributed by atoms with E-state index >= 15 is 0 Å². The highest BCUT2D eigenvalue weighted by Gasteiger charge is 2.29. The van der Waals surface area contributed by atoms with Crippen molar-refractivity contribution >= 4 is 27.0 Å². The molecule has 1 aromatic heterocycles. The minimum atomic E-state index is -3.47. The van der Waals surface area contributed by atoms with Crippen LogP contribution in [-0.2, 0) is 22.3 Å². The number of fused-ring (bicyclic) bond motifs is 1. The van der Waals surface area contributed by atoms with Crippen LogP contribution in [-0.4, -0.2) is 59.3 Å². The summed E-state index contributed by atoms with van der Waals surface area (Å²) in [4.78, 5) is 41.0. The van der Waals surface area contributed by atoms with Gasteiger partial charge in [-0.2, -0.15) is 4.31 Å². The van der Waals surface area contributed by atoms with E-state index in [9.17, 15) is 22.8 Å². The molecule has 1 aliphatic heterocycles. The molecule has 0 bridgehead atoms. The van der Waals surface area contributed by atoms with Gasteiger partial charge in [-0.05, 0) is 30.7 Å². The molecule has 3 aromatic rings. The van der Waals surface area contributed by atoms with Gasteiger partial charge in [0.05, 0.1) is 16.8 Å². The topological polar surface area (TPSA) is 113 Å². The van der Waals surface area contributed by atoms with Gasteiger partial charge in [0, 0.05) is 38.3 Å². The van der Waals surface area contributed by atoms with Crippen molar-refractivity contribution in [2.45, 2.75) is 19.2 Å². The van der Waals surface area contributed by atoms with E-state index < -0.39 is 21.1 Å². The molecule has 2 heterocycles. The van der Waals surface area contributed by atoms with Gasteiger partial charge >= 0.3 is 11.1 Å². The van der Waals surface area contributed by atoms with Crippen molar-refractivity contribution in [3.05, 3.63) is 80.4 Å². The number of hydrogen-bond acceptors (Lipinski definition) is 5. The molecule has 2 aromatic carbocycles. The molecule has 1 amide bonds. The summed E-state index contributed by atoms with van der Waals surface area (Å²) in [6, 6.07) is 13.8. The van der Waals surface area contributed by atoms with Gasteiger partial charge in [-0.3, -0.25) is 14.4 Å². The molecular formula is C22H24N4O5S. The molecule has 0 aliphatic carbocycles. The number of piperazine rings is 1. The lowest BCUT2D eigenvalue weighted by molar-refractivity contribution is 0.0698. The maximum absolute atomic E-state index is 13.0. The first-order valence-electron chi connectivity index (χ1n) is 10.4. The Morgan fingerprint density at radius 2 is 1.69 bits per heavy atom. The SMILES string of the molecule is CCn1c(=O)c(=O)[nH]c2cc(C(=O)N3CCN(S(=O)(=O)Cc4ccccc4)CC3)ccc21. The van der Waals surface area contributed by atoms with Gasteiger partial charge in [-0.1, -0.05) is 30.3 Å². The average molecular weight is 457 g/mol. The highest BCUT2D eigenvalue weighted by molar-refractivity contribution is 7.88. The first kappa shape index (κ1) is 22.0. The fourth-order valence-electron chi connectivity index (χ4n) is 3.95. The molecule has 0 atom stereocenters. The summed E-state index contributed by atoms with van der Waals surface area (Å²) in [7, 11) is -3.47. The first-order valence-corrected chi connectivity index (χ1v) is 12.0. The number of carbonyl (C=O) groups is 1. The number of amides is 1. The minimum absolute atomic E-state index is 0.0705. The Kier molecular flexibility index (Phi) is 5.98. The fraction of sp³-hybridized carbons (Fsp3) is 0.318. The molecule has 1 aliphatic rings. The lowest BCUT2D eigenvalue weighted by Gasteiger charge is -2.34. The van der Waals surface area contributed by atoms with Crippen molar-refractivity contribution in [1.82, 2.24) is 18.8 Å². The van der Waals surface area contributed by atoms with Crippen molar-refractivity contribution in [2.24, 2.45) is 0 Å². The van der Waals surface area contributed by atoms with Crippen LogP contribution in [0.3, 0.4) is 0 Å². The Morgan fingerprint density at radius 3 is 2.34 bits per heavy atom. The summed E-state index contributed by atoms with van der Waals surface area (Å²) < 4.78 is 28.2. The Bertz CT molecular complexity index is 1370. The zero-order valence-corrected chi connectivity index (χ0v) is 18.5. The Hall–Kier alpha value is -3.24. The Morgan fingerprint density at radius 1 is 1.00 bits per heavy atom. The second kappa shape index (κ2) is 8.71. The number of nitrogens with one attached hydrogen (secondary N) is 1. The van der Waals surface area contributed by atoms with E-state index in [-0.39, 0.29) is 37.8 Å². The van der Waals surface area contributed by atoms with E-state index in [1.807, 2.05) is 6.07 Å². The van der Waals surface area contributed by atoms with Crippen molar-refractivity contribution in [2.75, 3.05) is 26.2 Å². The lowest BCUT2D eigenvalue weighted by Crippen LogP contribution is -2.50. The van der Waals surface area contributed by atoms with Crippen molar-refractivity contribution < 1.29 is 13.2 Å². The molecule has 32 heavy (non-hydrogen) atoms. The monoisotopic (exact) mass is 456 g/mol. The van der Waals surface area contributed by atoms with Crippen molar-refractivity contribution in [3.63, 3.8) is 0 Å². The van der Waals surface area contributed by atoms with E-state index in [1.54, 1.807) is 54.3 Å². The van der Waals surface area contributed by atoms with Crippen molar-refractivity contribution in [1.29, 1.82) is 0 Å². The van der Waals surface area contributed by atoms with Crippen LogP contribution in [0, 0.1) is 0 Å². The molecule has 9 nitrogen and oxygen atoms in total. The maximum Gasteiger partial charge on any atom is 0.316 e. The molecule has 0 radical (unpaired) electrons. The van der Waals surface area contributed by atoms with Crippen LogP contribution in [0.1, 0.15) is 22.8 Å². The summed E-state index contributed by atoms with van der Waals surface area (Å²) in [5.41, 5.74) is 0.682. The molecule has 1 saturated heterocycles. The fourth-order valence-corrected chi connectivity index (χ4v) is 5.47. The molecule has 1 fully saturated rings. The lowest BCUT2D eigenvalue weighted by atomic mass is 10.1. The number of benzene rings is 2. The molecule has 1 N–H and O–H groups in total. The Labute approximate surface area is 184 Å². The number of H-pyrrole nitrogens is 1. The van der Waals surface area contributed by atoms with Gasteiger partial charge in [-0.15, -0.1) is 0 Å². The second-order valence-corrected chi connectivity index (χ2v) is 9.64. The van der Waals surface area contributed by atoms with E-state index in [2.05, 4.69) is 4.98 Å². The molecule has 0 spiro atoms. The van der Waals surface area contributed by atoms with Gasteiger partial charge in [0.2, 0.25) is 10.0 Å². The molecular weight excluding hydrogens is 432 g/mol. The van der Waals surface area contributed by atoms with E-state index in [0.717, 1.165) is 5.56 Å². The van der Waals surface area contributed by atoms with E-state index in [4.69, 9.17) is 0 Å². The third-order valence-corrected chi connectivity index (χ3v) is 7.50. The normalized spacial score (nSPS) is 15.2. The third-order valence-electron chi connectivity index (χ3n) is 5.65. The number of sulfonamides is 1. The van der Waals surface area contributed by atoms with Crippen LogP contribution in [0.25, 0.3) is 11.0 Å². The number of aromatic amines is 1. The van der Waals surface area contributed by atoms with Crippen LogP contribution < -0.4 is 11.1 Å². The molecule has 0 saturated carbocycles. The van der Waals surface area contributed by atoms with Crippen LogP contribution in [0.15, 0.2) is 58.1 Å². The number of carbonyl (C=O) groups excluding carboxylic acids is 1. The highest BCUT2D eigenvalue weighted by atomic mass is 32.2. The zero-order chi connectivity index (χ0) is 22.9. The maximum atomic E-state index is 13.0. The average Bonchev–Trinajstić information content (AvgIpc) is 2.79. The van der Waals surface area contributed by atoms with Gasteiger partial charge in [0.25, 0.3) is 5.91 Å². The van der Waals surface area contributed by atoms with E-state index in [0.29, 0.717) is 23.1 Å². The minimum Gasteiger partial charge on any atom is -0.336 e. The van der Waals surface area contributed by atoms with Gasteiger partial charge < -0.3 is 14.5 Å². The largest absolute Gasteiger partial charge is 0.336 e. The summed E-state index contributed by atoms with van der Waals surface area (Å²) in [5.74, 6) is -0.319. The zero-order valence-electron chi connectivity index (χ0n) is 17.7. The highest BCUT2D eigenvalue weighted by Crippen LogP contribution is 2.17. The molecule has 10 heteroatoms. The predicted molar refractivity (Wildman–Crippen MR) is 121 cm³/mol. The summed E-state index contributed by atoms with van der Waals surface area (Å²) in [5, 5.41) is 0. The number of rotatable bonds is 5. The van der Waals surface area contributed by atoms with Crippen LogP contribution in [0.4, 0.5) is 0 Å². The van der Waals surface area contributed by atoms with Crippen LogP contribution in [0.2, 0.25) is 0 Å². The second-order valence-electron chi connectivity index (χ2n) is 7.67. The number of hydrogen-bond donors (Lipinski definition) is 1. The number of aryl methyl sites for hydroxylation is 1. The van der Waals surface area contributed by atoms with Gasteiger partial charge in [0.1, 0.15) is 0 Å². The number of nitrogens with zero attached hydrogens (tertiary/aromatic N) is 3. The Balaban J connectivity index is 1.49. The number of aromatic nitrogens is 2. The first-order chi connectivity index (χ1) is 15.3. The summed E-state index contributed by atoms with van der Waals surface area (Å²) >= 11 is 0. The smallest absolute Gasteiger partial charge is 0.316 e. The quantitative estimate of drug-likeness (QED) is 0.576. The predicted octanol–water partition coefficient (Wildman–Crippen LogP) is 0.998. The van der Waals surface area contributed by atoms with Crippen LogP contribution in [0.5, 0.6) is 0 Å². The van der Waals surface area contributed by atoms with E-state index in [1.165, 1.54) is 8.87 Å². The van der Waals surface area contributed by atoms with Gasteiger partial charge in [-0.25, -0.2) is 8.42 Å². The van der Waals surface area contributed by atoms with Crippen LogP contribution >= 0.6 is 0 Å². The standard InChI is InChI=1S/C22H24N4O5S/c1-2-26-19-9-8-17(14-18(19)23-20(27)22(26)29)21(28)24-10-12-25(13-11-24)32(30,31)15-16-6-4-3-5-7-16/h3-9,14H,2,10-13,15H2,1H3,(H,23,27). The molecule has 0 unspecified atom stereocenters. The summed E-state index contributed by atoms with van der Waals surface area (Å²) in [6.07, 6.45) is 0. The molecule has 4 rings (SSSR count). The third kappa shape index (κ3) is 4.23. The van der Waals surface area contributed by atoms with Crippen molar-refractivity contribution in [3.8, 4) is 0 Å². The summed E-state index contributed by atoms with van der Waals surface area (Å²) in [6.45, 7) is 3.10.